The number of amides is 2. The zero-order valence-corrected chi connectivity index (χ0v) is 11.1. The van der Waals surface area contributed by atoms with Crippen LogP contribution in [0.25, 0.3) is 0 Å². The van der Waals surface area contributed by atoms with Gasteiger partial charge in [-0.3, -0.25) is 0 Å². The molecule has 2 rings (SSSR count). The predicted molar refractivity (Wildman–Crippen MR) is 73.6 cm³/mol. The van der Waals surface area contributed by atoms with Gasteiger partial charge in [0, 0.05) is 19.1 Å². The van der Waals surface area contributed by atoms with Gasteiger partial charge in [-0.25, -0.2) is 4.79 Å². The van der Waals surface area contributed by atoms with Crippen LogP contribution in [0.5, 0.6) is 0 Å². The van der Waals surface area contributed by atoms with Crippen molar-refractivity contribution < 1.29 is 4.79 Å². The Morgan fingerprint density at radius 1 is 1.28 bits per heavy atom. The molecule has 3 nitrogen and oxygen atoms in total. The van der Waals surface area contributed by atoms with Crippen LogP contribution in [0, 0.1) is 0 Å². The number of hydrogen-bond acceptors (Lipinski definition) is 1. The van der Waals surface area contributed by atoms with Crippen LogP contribution in [-0.2, 0) is 6.42 Å². The molecular weight excluding hydrogens is 224 g/mol. The van der Waals surface area contributed by atoms with Gasteiger partial charge >= 0.3 is 6.03 Å². The average molecular weight is 246 g/mol. The molecule has 0 aliphatic carbocycles. The highest BCUT2D eigenvalue weighted by molar-refractivity contribution is 5.74. The van der Waals surface area contributed by atoms with Gasteiger partial charge in [0.05, 0.1) is 0 Å². The maximum Gasteiger partial charge on any atom is 0.317 e. The molecule has 0 saturated carbocycles. The molecule has 1 aromatic rings. The Kier molecular flexibility index (Phi) is 4.62. The molecule has 98 valence electrons. The predicted octanol–water partition coefficient (Wildman–Crippen LogP) is 2.81. The summed E-state index contributed by atoms with van der Waals surface area (Å²) >= 11 is 0. The fourth-order valence-corrected chi connectivity index (χ4v) is 2.32. The van der Waals surface area contributed by atoms with Crippen LogP contribution in [0.1, 0.15) is 31.7 Å². The van der Waals surface area contributed by atoms with E-state index < -0.39 is 0 Å². The molecule has 18 heavy (non-hydrogen) atoms. The molecule has 0 radical (unpaired) electrons. The fourth-order valence-electron chi connectivity index (χ4n) is 2.32. The summed E-state index contributed by atoms with van der Waals surface area (Å²) in [6, 6.07) is 10.8. The van der Waals surface area contributed by atoms with E-state index in [1.54, 1.807) is 0 Å². The van der Waals surface area contributed by atoms with E-state index in [-0.39, 0.29) is 12.1 Å². The number of likely N-dealkylation sites (tertiary alicyclic amines) is 1. The standard InChI is InChI=1S/C15H22N2O/c1-13(9-10-14-7-3-2-4-8-14)16-15(18)17-11-5-6-12-17/h2-4,7-8,13H,5-6,9-12H2,1H3,(H,16,18). The van der Waals surface area contributed by atoms with Crippen LogP contribution in [0.2, 0.25) is 0 Å². The van der Waals surface area contributed by atoms with E-state index in [0.717, 1.165) is 38.8 Å². The highest BCUT2D eigenvalue weighted by atomic mass is 16.2. The van der Waals surface area contributed by atoms with Crippen molar-refractivity contribution in [3.8, 4) is 0 Å². The lowest BCUT2D eigenvalue weighted by molar-refractivity contribution is 0.205. The molecule has 1 atom stereocenters. The van der Waals surface area contributed by atoms with E-state index in [2.05, 4.69) is 36.5 Å². The third-order valence-corrected chi connectivity index (χ3v) is 3.47. The quantitative estimate of drug-likeness (QED) is 0.870. The number of hydrogen-bond donors (Lipinski definition) is 1. The van der Waals surface area contributed by atoms with Gasteiger partial charge in [0.15, 0.2) is 0 Å². The van der Waals surface area contributed by atoms with Crippen LogP contribution >= 0.6 is 0 Å². The zero-order valence-electron chi connectivity index (χ0n) is 11.1. The van der Waals surface area contributed by atoms with Crippen molar-refractivity contribution in [2.24, 2.45) is 0 Å². The number of benzene rings is 1. The smallest absolute Gasteiger partial charge is 0.317 e. The molecule has 1 aliphatic rings. The summed E-state index contributed by atoms with van der Waals surface area (Å²) in [4.78, 5) is 13.8. The van der Waals surface area contributed by atoms with Crippen LogP contribution < -0.4 is 5.32 Å². The lowest BCUT2D eigenvalue weighted by Crippen LogP contribution is -2.42. The number of rotatable bonds is 4. The molecule has 1 unspecified atom stereocenters. The SMILES string of the molecule is CC(CCc1ccccc1)NC(=O)N1CCCC1. The van der Waals surface area contributed by atoms with Crippen molar-refractivity contribution in [2.45, 2.75) is 38.6 Å². The topological polar surface area (TPSA) is 32.3 Å². The maximum absolute atomic E-state index is 11.9. The summed E-state index contributed by atoms with van der Waals surface area (Å²) in [5.74, 6) is 0. The number of carbonyl (C=O) groups is 1. The van der Waals surface area contributed by atoms with Gasteiger partial charge in [0.1, 0.15) is 0 Å². The minimum atomic E-state index is 0.105. The molecule has 1 fully saturated rings. The van der Waals surface area contributed by atoms with Crippen LogP contribution in [0.3, 0.4) is 0 Å². The first kappa shape index (κ1) is 12.9. The van der Waals surface area contributed by atoms with Gasteiger partial charge in [-0.1, -0.05) is 30.3 Å². The summed E-state index contributed by atoms with van der Waals surface area (Å²) < 4.78 is 0. The molecule has 0 aromatic heterocycles. The molecule has 1 heterocycles. The highest BCUT2D eigenvalue weighted by Crippen LogP contribution is 2.09. The van der Waals surface area contributed by atoms with Crippen molar-refractivity contribution in [1.82, 2.24) is 10.2 Å². The van der Waals surface area contributed by atoms with Crippen molar-refractivity contribution in [3.05, 3.63) is 35.9 Å². The molecule has 1 aliphatic heterocycles. The molecular formula is C15H22N2O. The third-order valence-electron chi connectivity index (χ3n) is 3.47. The average Bonchev–Trinajstić information content (AvgIpc) is 2.91. The maximum atomic E-state index is 11.9. The normalized spacial score (nSPS) is 16.6. The monoisotopic (exact) mass is 246 g/mol. The van der Waals surface area contributed by atoms with Gasteiger partial charge in [0.25, 0.3) is 0 Å². The zero-order chi connectivity index (χ0) is 12.8. The highest BCUT2D eigenvalue weighted by Gasteiger charge is 2.18. The number of aryl methyl sites for hydroxylation is 1. The Bertz CT molecular complexity index is 371. The van der Waals surface area contributed by atoms with Gasteiger partial charge in [-0.05, 0) is 38.2 Å². The van der Waals surface area contributed by atoms with Crippen molar-refractivity contribution in [3.63, 3.8) is 0 Å². The molecule has 0 spiro atoms. The van der Waals surface area contributed by atoms with Gasteiger partial charge < -0.3 is 10.2 Å². The fraction of sp³-hybridized carbons (Fsp3) is 0.533. The largest absolute Gasteiger partial charge is 0.336 e. The second-order valence-electron chi connectivity index (χ2n) is 5.07. The summed E-state index contributed by atoms with van der Waals surface area (Å²) in [6.07, 6.45) is 4.30. The van der Waals surface area contributed by atoms with Crippen molar-refractivity contribution in [2.75, 3.05) is 13.1 Å². The van der Waals surface area contributed by atoms with Gasteiger partial charge in [-0.15, -0.1) is 0 Å². The van der Waals surface area contributed by atoms with E-state index in [4.69, 9.17) is 0 Å². The number of nitrogens with one attached hydrogen (secondary N) is 1. The lowest BCUT2D eigenvalue weighted by atomic mass is 10.1. The van der Waals surface area contributed by atoms with Gasteiger partial charge in [-0.2, -0.15) is 0 Å². The molecule has 1 N–H and O–H groups in total. The van der Waals surface area contributed by atoms with E-state index in [9.17, 15) is 4.79 Å². The summed E-state index contributed by atoms with van der Waals surface area (Å²) in [6.45, 7) is 3.91. The van der Waals surface area contributed by atoms with E-state index >= 15 is 0 Å². The number of urea groups is 1. The molecule has 2 amide bonds. The minimum Gasteiger partial charge on any atom is -0.336 e. The molecule has 1 saturated heterocycles. The van der Waals surface area contributed by atoms with Crippen LogP contribution in [0.4, 0.5) is 4.79 Å². The van der Waals surface area contributed by atoms with E-state index in [0.29, 0.717) is 0 Å². The summed E-state index contributed by atoms with van der Waals surface area (Å²) in [5.41, 5.74) is 1.33. The van der Waals surface area contributed by atoms with E-state index in [1.165, 1.54) is 5.56 Å². The second-order valence-corrected chi connectivity index (χ2v) is 5.07. The third kappa shape index (κ3) is 3.76. The Balaban J connectivity index is 1.71. The van der Waals surface area contributed by atoms with Crippen LogP contribution in [-0.4, -0.2) is 30.1 Å². The van der Waals surface area contributed by atoms with Gasteiger partial charge in [0.2, 0.25) is 0 Å². The summed E-state index contributed by atoms with van der Waals surface area (Å²) in [5, 5.41) is 3.08. The lowest BCUT2D eigenvalue weighted by Gasteiger charge is -2.20. The molecule has 0 bridgehead atoms. The molecule has 1 aromatic carbocycles. The van der Waals surface area contributed by atoms with Crippen molar-refractivity contribution >= 4 is 6.03 Å². The Morgan fingerprint density at radius 2 is 1.94 bits per heavy atom. The second kappa shape index (κ2) is 6.43. The number of carbonyl (C=O) groups excluding carboxylic acids is 1. The van der Waals surface area contributed by atoms with E-state index in [1.807, 2.05) is 11.0 Å². The Hall–Kier alpha value is -1.51. The first-order chi connectivity index (χ1) is 8.75. The minimum absolute atomic E-state index is 0.105. The Labute approximate surface area is 109 Å². The van der Waals surface area contributed by atoms with Crippen LogP contribution in [0.15, 0.2) is 30.3 Å². The first-order valence-corrected chi connectivity index (χ1v) is 6.85. The first-order valence-electron chi connectivity index (χ1n) is 6.85. The molecule has 3 heteroatoms. The summed E-state index contributed by atoms with van der Waals surface area (Å²) in [7, 11) is 0. The Morgan fingerprint density at radius 3 is 2.61 bits per heavy atom. The number of nitrogens with zero attached hydrogens (tertiary/aromatic N) is 1. The van der Waals surface area contributed by atoms with Crippen molar-refractivity contribution in [1.29, 1.82) is 0 Å².